The fourth-order valence-electron chi connectivity index (χ4n) is 7.41. The molecule has 0 radical (unpaired) electrons. The number of rotatable bonds is 4. The molecule has 1 aliphatic rings. The maximum Gasteiger partial charge on any atom is 0.0540 e. The first-order valence-electron chi connectivity index (χ1n) is 15.6. The van der Waals surface area contributed by atoms with E-state index in [1.807, 2.05) is 11.3 Å². The number of nitrogens with zero attached hydrogens (tertiary/aromatic N) is 1. The minimum atomic E-state index is 0.0167. The van der Waals surface area contributed by atoms with Crippen LogP contribution in [0, 0.1) is 0 Å². The highest BCUT2D eigenvalue weighted by atomic mass is 32.1. The Morgan fingerprint density at radius 3 is 2.09 bits per heavy atom. The number of anilines is 3. The molecule has 9 rings (SSSR count). The van der Waals surface area contributed by atoms with Gasteiger partial charge >= 0.3 is 0 Å². The van der Waals surface area contributed by atoms with Crippen LogP contribution in [0.3, 0.4) is 0 Å². The molecule has 0 aliphatic heterocycles. The summed E-state index contributed by atoms with van der Waals surface area (Å²) >= 11 is 1.93. The van der Waals surface area contributed by atoms with E-state index in [1.165, 1.54) is 70.0 Å². The molecule has 8 aromatic rings. The van der Waals surface area contributed by atoms with Crippen LogP contribution in [0.25, 0.3) is 53.2 Å². The van der Waals surface area contributed by atoms with E-state index in [2.05, 4.69) is 170 Å². The maximum atomic E-state index is 2.39. The first-order valence-corrected chi connectivity index (χ1v) is 16.4. The van der Waals surface area contributed by atoms with Crippen molar-refractivity contribution >= 4 is 59.3 Å². The van der Waals surface area contributed by atoms with Crippen LogP contribution in [-0.2, 0) is 5.41 Å². The topological polar surface area (TPSA) is 3.24 Å². The Hall–Kier alpha value is -5.18. The summed E-state index contributed by atoms with van der Waals surface area (Å²) in [4.78, 5) is 2.36. The van der Waals surface area contributed by atoms with Gasteiger partial charge in [0.1, 0.15) is 0 Å². The van der Waals surface area contributed by atoms with Crippen LogP contribution in [0.4, 0.5) is 17.1 Å². The third-order valence-electron chi connectivity index (χ3n) is 9.66. The van der Waals surface area contributed by atoms with Gasteiger partial charge in [0.25, 0.3) is 0 Å². The summed E-state index contributed by atoms with van der Waals surface area (Å²) in [7, 11) is 0. The first kappa shape index (κ1) is 26.2. The minimum Gasteiger partial charge on any atom is -0.310 e. The van der Waals surface area contributed by atoms with Crippen molar-refractivity contribution in [1.82, 2.24) is 0 Å². The van der Waals surface area contributed by atoms with E-state index < -0.39 is 0 Å². The lowest BCUT2D eigenvalue weighted by Crippen LogP contribution is -2.14. The Morgan fingerprint density at radius 1 is 0.511 bits per heavy atom. The fourth-order valence-corrected chi connectivity index (χ4v) is 8.65. The van der Waals surface area contributed by atoms with Crippen LogP contribution in [0.15, 0.2) is 152 Å². The van der Waals surface area contributed by atoms with Crippen LogP contribution in [0.5, 0.6) is 0 Å². The van der Waals surface area contributed by atoms with E-state index in [4.69, 9.17) is 0 Å². The summed E-state index contributed by atoms with van der Waals surface area (Å²) in [5, 5.41) is 5.16. The predicted octanol–water partition coefficient (Wildman–Crippen LogP) is 12.7. The molecule has 0 saturated carbocycles. The van der Waals surface area contributed by atoms with Gasteiger partial charge in [0.2, 0.25) is 0 Å². The zero-order valence-electron chi connectivity index (χ0n) is 25.3. The van der Waals surface area contributed by atoms with Crippen molar-refractivity contribution in [3.8, 4) is 22.3 Å². The first-order chi connectivity index (χ1) is 22.1. The summed E-state index contributed by atoms with van der Waals surface area (Å²) in [5.41, 5.74) is 11.6. The second kappa shape index (κ2) is 9.92. The molecule has 0 saturated heterocycles. The van der Waals surface area contributed by atoms with Gasteiger partial charge in [-0.05, 0) is 75.7 Å². The molecule has 0 unspecified atom stereocenters. The van der Waals surface area contributed by atoms with Crippen molar-refractivity contribution in [2.45, 2.75) is 19.3 Å². The molecule has 0 spiro atoms. The van der Waals surface area contributed by atoms with Gasteiger partial charge in [0.05, 0.1) is 5.69 Å². The molecule has 7 aromatic carbocycles. The van der Waals surface area contributed by atoms with E-state index in [0.29, 0.717) is 0 Å². The van der Waals surface area contributed by atoms with Crippen molar-refractivity contribution in [1.29, 1.82) is 0 Å². The number of hydrogen-bond acceptors (Lipinski definition) is 2. The summed E-state index contributed by atoms with van der Waals surface area (Å²) in [5.74, 6) is 0. The molecule has 1 heterocycles. The number of hydrogen-bond donors (Lipinski definition) is 0. The number of para-hydroxylation sites is 1. The molecule has 0 fully saturated rings. The van der Waals surface area contributed by atoms with E-state index >= 15 is 0 Å². The third-order valence-corrected chi connectivity index (χ3v) is 10.9. The Morgan fingerprint density at radius 2 is 1.22 bits per heavy atom. The summed E-state index contributed by atoms with van der Waals surface area (Å²) in [6, 6.07) is 55.5. The van der Waals surface area contributed by atoms with Crippen molar-refractivity contribution in [3.63, 3.8) is 0 Å². The van der Waals surface area contributed by atoms with E-state index in [1.54, 1.807) is 0 Å². The molecule has 214 valence electrons. The van der Waals surface area contributed by atoms with E-state index in [9.17, 15) is 0 Å². The molecular weight excluding hydrogens is 563 g/mol. The zero-order valence-corrected chi connectivity index (χ0v) is 26.1. The molecule has 1 nitrogen and oxygen atoms in total. The molecule has 1 aliphatic carbocycles. The SMILES string of the molecule is CC1(C)c2ccccc2-c2c1ccc1c2sc2ccc(-c3ccc(N(c4ccccc4)c4cccc5ccccc45)cc3)cc21. The number of thiophene rings is 1. The second-order valence-corrected chi connectivity index (χ2v) is 13.6. The van der Waals surface area contributed by atoms with Gasteiger partial charge in [-0.1, -0.05) is 123 Å². The van der Waals surface area contributed by atoms with Gasteiger partial charge < -0.3 is 4.90 Å². The summed E-state index contributed by atoms with van der Waals surface area (Å²) in [6.07, 6.45) is 0. The van der Waals surface area contributed by atoms with Gasteiger partial charge in [0.15, 0.2) is 0 Å². The number of fused-ring (bicyclic) bond motifs is 8. The van der Waals surface area contributed by atoms with Crippen molar-refractivity contribution < 1.29 is 0 Å². The molecule has 45 heavy (non-hydrogen) atoms. The lowest BCUT2D eigenvalue weighted by atomic mass is 9.82. The lowest BCUT2D eigenvalue weighted by Gasteiger charge is -2.27. The highest BCUT2D eigenvalue weighted by Crippen LogP contribution is 2.53. The average molecular weight is 594 g/mol. The van der Waals surface area contributed by atoms with Crippen LogP contribution < -0.4 is 4.90 Å². The second-order valence-electron chi connectivity index (χ2n) is 12.6. The van der Waals surface area contributed by atoms with E-state index in [-0.39, 0.29) is 5.41 Å². The zero-order chi connectivity index (χ0) is 30.1. The standard InChI is InChI=1S/C43H31NS/c1-43(2)37-17-9-8-16-35(37)41-38(43)25-24-34-36-27-30(21-26-40(36)45-42(34)41)28-19-22-32(23-20-28)44(31-13-4-3-5-14-31)39-18-10-12-29-11-6-7-15-33(29)39/h3-27H,1-2H3. The smallest absolute Gasteiger partial charge is 0.0540 e. The Kier molecular flexibility index (Phi) is 5.78. The van der Waals surface area contributed by atoms with Crippen molar-refractivity contribution in [3.05, 3.63) is 163 Å². The third kappa shape index (κ3) is 3.99. The van der Waals surface area contributed by atoms with E-state index in [0.717, 1.165) is 11.4 Å². The largest absolute Gasteiger partial charge is 0.310 e. The molecule has 0 N–H and O–H groups in total. The quantitative estimate of drug-likeness (QED) is 0.196. The maximum absolute atomic E-state index is 2.39. The molecule has 0 amide bonds. The summed E-state index contributed by atoms with van der Waals surface area (Å²) < 4.78 is 2.74. The molecule has 0 atom stereocenters. The van der Waals surface area contributed by atoms with Gasteiger partial charge in [-0.15, -0.1) is 11.3 Å². The summed E-state index contributed by atoms with van der Waals surface area (Å²) in [6.45, 7) is 4.72. The Labute approximate surface area is 267 Å². The number of benzene rings is 7. The molecule has 0 bridgehead atoms. The van der Waals surface area contributed by atoms with Gasteiger partial charge in [-0.2, -0.15) is 0 Å². The fraction of sp³-hybridized carbons (Fsp3) is 0.0698. The van der Waals surface area contributed by atoms with Crippen molar-refractivity contribution in [2.75, 3.05) is 4.90 Å². The van der Waals surface area contributed by atoms with Crippen LogP contribution in [-0.4, -0.2) is 0 Å². The Bertz CT molecular complexity index is 2390. The normalized spacial score (nSPS) is 13.3. The van der Waals surface area contributed by atoms with Gasteiger partial charge in [-0.3, -0.25) is 0 Å². The van der Waals surface area contributed by atoms with Crippen molar-refractivity contribution in [2.24, 2.45) is 0 Å². The van der Waals surface area contributed by atoms with Gasteiger partial charge in [-0.25, -0.2) is 0 Å². The minimum absolute atomic E-state index is 0.0167. The molecular formula is C43H31NS. The molecule has 2 heteroatoms. The van der Waals surface area contributed by atoms with Crippen LogP contribution in [0.1, 0.15) is 25.0 Å². The monoisotopic (exact) mass is 593 g/mol. The average Bonchev–Trinajstić information content (AvgIpc) is 3.57. The lowest BCUT2D eigenvalue weighted by molar-refractivity contribution is 0.661. The highest BCUT2D eigenvalue weighted by molar-refractivity contribution is 7.26. The predicted molar refractivity (Wildman–Crippen MR) is 195 cm³/mol. The molecule has 1 aromatic heterocycles. The Balaban J connectivity index is 1.15. The highest BCUT2D eigenvalue weighted by Gasteiger charge is 2.36. The van der Waals surface area contributed by atoms with Crippen LogP contribution >= 0.6 is 11.3 Å². The van der Waals surface area contributed by atoms with Crippen LogP contribution in [0.2, 0.25) is 0 Å². The van der Waals surface area contributed by atoms with Gasteiger partial charge in [0, 0.05) is 47.9 Å².